The summed E-state index contributed by atoms with van der Waals surface area (Å²) in [5.74, 6) is -0.402. The number of aryl methyl sites for hydroxylation is 1. The third-order valence-electron chi connectivity index (χ3n) is 3.50. The van der Waals surface area contributed by atoms with Crippen LogP contribution in [0.25, 0.3) is 11.0 Å². The molecule has 5 nitrogen and oxygen atoms in total. The Hall–Kier alpha value is -2.22. The van der Waals surface area contributed by atoms with Gasteiger partial charge in [-0.2, -0.15) is 0 Å². The molecule has 6 heteroatoms. The molecule has 0 saturated carbocycles. The fourth-order valence-corrected chi connectivity index (χ4v) is 2.89. The summed E-state index contributed by atoms with van der Waals surface area (Å²) in [6.07, 6.45) is 1.52. The monoisotopic (exact) mass is 433 g/mol. The second kappa shape index (κ2) is 7.12. The largest absolute Gasteiger partial charge is 0.462 e. The summed E-state index contributed by atoms with van der Waals surface area (Å²) in [4.78, 5) is 21.1. The van der Waals surface area contributed by atoms with Crippen molar-refractivity contribution in [3.63, 3.8) is 0 Å². The molecule has 0 bridgehead atoms. The predicted octanol–water partition coefficient (Wildman–Crippen LogP) is 4.46. The van der Waals surface area contributed by atoms with Crippen LogP contribution in [0.5, 0.6) is 0 Å². The highest BCUT2D eigenvalue weighted by Gasteiger charge is 2.18. The lowest BCUT2D eigenvalue weighted by molar-refractivity contribution is 0.0527. The van der Waals surface area contributed by atoms with Crippen LogP contribution >= 0.6 is 22.6 Å². The van der Waals surface area contributed by atoms with Gasteiger partial charge in [0.25, 0.3) is 0 Å². The third-order valence-corrected chi connectivity index (χ3v) is 4.44. The Labute approximate surface area is 153 Å². The number of pyridine rings is 2. The van der Waals surface area contributed by atoms with Crippen molar-refractivity contribution in [2.24, 2.45) is 0 Å². The summed E-state index contributed by atoms with van der Waals surface area (Å²) < 4.78 is 6.22. The van der Waals surface area contributed by atoms with E-state index >= 15 is 0 Å². The molecular weight excluding hydrogens is 417 g/mol. The lowest BCUT2D eigenvalue weighted by Crippen LogP contribution is -2.10. The number of rotatable bonds is 4. The van der Waals surface area contributed by atoms with Crippen molar-refractivity contribution < 1.29 is 9.53 Å². The van der Waals surface area contributed by atoms with Crippen LogP contribution in [0.4, 0.5) is 11.4 Å². The van der Waals surface area contributed by atoms with Crippen LogP contribution in [0.2, 0.25) is 0 Å². The minimum absolute atomic E-state index is 0.311. The van der Waals surface area contributed by atoms with Gasteiger partial charge in [0.2, 0.25) is 0 Å². The van der Waals surface area contributed by atoms with E-state index in [9.17, 15) is 4.79 Å². The number of para-hydroxylation sites is 1. The second-order valence-electron chi connectivity index (χ2n) is 5.20. The first-order valence-corrected chi connectivity index (χ1v) is 8.63. The van der Waals surface area contributed by atoms with Gasteiger partial charge in [0, 0.05) is 20.8 Å². The van der Waals surface area contributed by atoms with Crippen LogP contribution in [-0.4, -0.2) is 22.5 Å². The van der Waals surface area contributed by atoms with Gasteiger partial charge in [-0.15, -0.1) is 0 Å². The zero-order valence-corrected chi connectivity index (χ0v) is 15.5. The Bertz CT molecular complexity index is 912. The van der Waals surface area contributed by atoms with E-state index < -0.39 is 5.97 Å². The van der Waals surface area contributed by atoms with Crippen molar-refractivity contribution >= 4 is 51.0 Å². The molecular formula is C18H16IN3O2. The molecule has 24 heavy (non-hydrogen) atoms. The van der Waals surface area contributed by atoms with Crippen LogP contribution < -0.4 is 5.32 Å². The molecule has 3 rings (SSSR count). The molecule has 3 aromatic rings. The molecule has 0 aliphatic carbocycles. The zero-order valence-electron chi connectivity index (χ0n) is 13.3. The lowest BCUT2D eigenvalue weighted by Gasteiger charge is -2.15. The molecule has 0 atom stereocenters. The first-order valence-electron chi connectivity index (χ1n) is 7.55. The molecule has 0 aliphatic heterocycles. The highest BCUT2D eigenvalue weighted by Crippen LogP contribution is 2.31. The van der Waals surface area contributed by atoms with Crippen molar-refractivity contribution in [2.45, 2.75) is 13.8 Å². The van der Waals surface area contributed by atoms with E-state index in [2.05, 4.69) is 37.9 Å². The number of nitrogens with zero attached hydrogens (tertiary/aromatic N) is 2. The number of ether oxygens (including phenoxy) is 1. The van der Waals surface area contributed by atoms with Crippen molar-refractivity contribution in [3.8, 4) is 0 Å². The number of fused-ring (bicyclic) bond motifs is 1. The smallest absolute Gasteiger partial charge is 0.341 e. The molecule has 0 spiro atoms. The summed E-state index contributed by atoms with van der Waals surface area (Å²) in [6.45, 7) is 4.00. The maximum absolute atomic E-state index is 12.3. The summed E-state index contributed by atoms with van der Waals surface area (Å²) in [6, 6.07) is 11.7. The summed E-state index contributed by atoms with van der Waals surface area (Å²) >= 11 is 2.25. The van der Waals surface area contributed by atoms with Crippen LogP contribution in [0.1, 0.15) is 23.0 Å². The first kappa shape index (κ1) is 16.6. The molecule has 2 aromatic heterocycles. The molecule has 1 aromatic carbocycles. The van der Waals surface area contributed by atoms with Gasteiger partial charge in [-0.3, -0.25) is 0 Å². The molecule has 0 unspecified atom stereocenters. The number of anilines is 2. The average molecular weight is 433 g/mol. The molecule has 0 saturated heterocycles. The van der Waals surface area contributed by atoms with Gasteiger partial charge in [0.1, 0.15) is 5.56 Å². The van der Waals surface area contributed by atoms with E-state index in [4.69, 9.17) is 4.74 Å². The van der Waals surface area contributed by atoms with E-state index in [0.29, 0.717) is 23.5 Å². The average Bonchev–Trinajstić information content (AvgIpc) is 2.57. The number of carbonyl (C=O) groups is 1. The normalized spacial score (nSPS) is 10.6. The fourth-order valence-electron chi connectivity index (χ4n) is 2.37. The Kier molecular flexibility index (Phi) is 4.94. The van der Waals surface area contributed by atoms with E-state index in [-0.39, 0.29) is 0 Å². The molecule has 2 heterocycles. The highest BCUT2D eigenvalue weighted by atomic mass is 127. The minimum atomic E-state index is -0.402. The number of halogens is 1. The number of hydrogen-bond donors (Lipinski definition) is 1. The van der Waals surface area contributed by atoms with E-state index in [1.807, 2.05) is 43.3 Å². The van der Waals surface area contributed by atoms with Gasteiger partial charge in [-0.25, -0.2) is 14.8 Å². The van der Waals surface area contributed by atoms with Gasteiger partial charge < -0.3 is 10.1 Å². The number of nitrogens with one attached hydrogen (secondary N) is 1. The maximum atomic E-state index is 12.3. The van der Waals surface area contributed by atoms with E-state index in [1.165, 1.54) is 6.20 Å². The van der Waals surface area contributed by atoms with E-state index in [1.54, 1.807) is 6.92 Å². The van der Waals surface area contributed by atoms with Gasteiger partial charge in [0.15, 0.2) is 5.65 Å². The zero-order chi connectivity index (χ0) is 17.1. The Morgan fingerprint density at radius 3 is 2.79 bits per heavy atom. The third kappa shape index (κ3) is 3.33. The predicted molar refractivity (Wildman–Crippen MR) is 103 cm³/mol. The highest BCUT2D eigenvalue weighted by molar-refractivity contribution is 14.1. The topological polar surface area (TPSA) is 64.1 Å². The molecule has 0 radical (unpaired) electrons. The van der Waals surface area contributed by atoms with Crippen LogP contribution in [-0.2, 0) is 4.74 Å². The fraction of sp³-hybridized carbons (Fsp3) is 0.167. The second-order valence-corrected chi connectivity index (χ2v) is 6.36. The summed E-state index contributed by atoms with van der Waals surface area (Å²) in [5, 5.41) is 4.14. The first-order chi connectivity index (χ1) is 11.6. The number of aromatic nitrogens is 2. The van der Waals surface area contributed by atoms with Crippen LogP contribution in [0.3, 0.4) is 0 Å². The van der Waals surface area contributed by atoms with Gasteiger partial charge in [0.05, 0.1) is 18.0 Å². The molecule has 1 N–H and O–H groups in total. The quantitative estimate of drug-likeness (QED) is 0.486. The number of esters is 1. The molecule has 0 amide bonds. The molecule has 122 valence electrons. The minimum Gasteiger partial charge on any atom is -0.462 e. The van der Waals surface area contributed by atoms with Crippen molar-refractivity contribution in [1.82, 2.24) is 9.97 Å². The number of carbonyl (C=O) groups excluding carboxylic acids is 1. The number of benzene rings is 1. The maximum Gasteiger partial charge on any atom is 0.341 e. The SMILES string of the molecule is CCOC(=O)c1cnc2nc(C)ccc2c1Nc1ccccc1I. The van der Waals surface area contributed by atoms with Crippen molar-refractivity contribution in [1.29, 1.82) is 0 Å². The van der Waals surface area contributed by atoms with Gasteiger partial charge in [-0.1, -0.05) is 12.1 Å². The molecule has 0 aliphatic rings. The Balaban J connectivity index is 2.18. The summed E-state index contributed by atoms with van der Waals surface area (Å²) in [7, 11) is 0. The van der Waals surface area contributed by atoms with Crippen LogP contribution in [0, 0.1) is 10.5 Å². The van der Waals surface area contributed by atoms with E-state index in [0.717, 1.165) is 20.3 Å². The Morgan fingerprint density at radius 2 is 2.04 bits per heavy atom. The standard InChI is InChI=1S/C18H16IN3O2/c1-3-24-18(23)13-10-20-17-12(9-8-11(2)21-17)16(13)22-15-7-5-4-6-14(15)19/h4-10H,3H2,1-2H3,(H,20,21,22). The molecule has 0 fully saturated rings. The number of hydrogen-bond acceptors (Lipinski definition) is 5. The van der Waals surface area contributed by atoms with Gasteiger partial charge in [-0.05, 0) is 60.7 Å². The Morgan fingerprint density at radius 1 is 1.25 bits per heavy atom. The van der Waals surface area contributed by atoms with Crippen LogP contribution in [0.15, 0.2) is 42.6 Å². The van der Waals surface area contributed by atoms with Gasteiger partial charge >= 0.3 is 5.97 Å². The lowest BCUT2D eigenvalue weighted by atomic mass is 10.1. The van der Waals surface area contributed by atoms with Crippen molar-refractivity contribution in [3.05, 3.63) is 57.4 Å². The summed E-state index contributed by atoms with van der Waals surface area (Å²) in [5.41, 5.74) is 3.44. The van der Waals surface area contributed by atoms with Crippen molar-refractivity contribution in [2.75, 3.05) is 11.9 Å².